The van der Waals surface area contributed by atoms with Crippen LogP contribution in [0.25, 0.3) is 17.7 Å². The Morgan fingerprint density at radius 2 is 1.65 bits per heavy atom. The van der Waals surface area contributed by atoms with Crippen LogP contribution in [0.1, 0.15) is 16.7 Å². The van der Waals surface area contributed by atoms with E-state index in [2.05, 4.69) is 42.5 Å². The molecular formula is C20H21NO2. The molecule has 0 radical (unpaired) electrons. The number of ether oxygens (including phenoxy) is 2. The average Bonchev–Trinajstić information content (AvgIpc) is 2.97. The van der Waals surface area contributed by atoms with Crippen molar-refractivity contribution in [1.29, 1.82) is 0 Å². The van der Waals surface area contributed by atoms with Crippen LogP contribution in [0, 0.1) is 0 Å². The predicted octanol–water partition coefficient (Wildman–Crippen LogP) is 4.34. The normalized spacial score (nSPS) is 14.0. The van der Waals surface area contributed by atoms with Gasteiger partial charge in [0.2, 0.25) is 0 Å². The van der Waals surface area contributed by atoms with Gasteiger partial charge in [0.15, 0.2) is 0 Å². The smallest absolute Gasteiger partial charge is 0.143 e. The van der Waals surface area contributed by atoms with Gasteiger partial charge in [0.05, 0.1) is 19.9 Å². The fourth-order valence-electron chi connectivity index (χ4n) is 2.84. The Morgan fingerprint density at radius 1 is 0.913 bits per heavy atom. The molecule has 118 valence electrons. The highest BCUT2D eigenvalue weighted by atomic mass is 16.5. The van der Waals surface area contributed by atoms with E-state index in [1.807, 2.05) is 31.1 Å². The number of anilines is 1. The van der Waals surface area contributed by atoms with Crippen LogP contribution in [0.4, 0.5) is 5.69 Å². The van der Waals surface area contributed by atoms with E-state index >= 15 is 0 Å². The van der Waals surface area contributed by atoms with E-state index in [-0.39, 0.29) is 0 Å². The Bertz CT molecular complexity index is 788. The summed E-state index contributed by atoms with van der Waals surface area (Å²) in [6.45, 7) is 0. The van der Waals surface area contributed by atoms with Gasteiger partial charge in [-0.2, -0.15) is 0 Å². The molecule has 2 aromatic carbocycles. The molecule has 3 nitrogen and oxygen atoms in total. The lowest BCUT2D eigenvalue weighted by Gasteiger charge is -2.19. The van der Waals surface area contributed by atoms with Crippen molar-refractivity contribution >= 4 is 23.4 Å². The minimum Gasteiger partial charge on any atom is -0.496 e. The monoisotopic (exact) mass is 307 g/mol. The van der Waals surface area contributed by atoms with Gasteiger partial charge in [0, 0.05) is 25.7 Å². The number of hydrogen-bond acceptors (Lipinski definition) is 3. The van der Waals surface area contributed by atoms with E-state index in [0.29, 0.717) is 0 Å². The van der Waals surface area contributed by atoms with Crippen LogP contribution < -0.4 is 14.4 Å². The topological polar surface area (TPSA) is 21.7 Å². The van der Waals surface area contributed by atoms with Gasteiger partial charge in [-0.25, -0.2) is 0 Å². The minimum absolute atomic E-state index is 0.831. The van der Waals surface area contributed by atoms with Crippen molar-refractivity contribution in [3.63, 3.8) is 0 Å². The molecule has 0 bridgehead atoms. The number of benzene rings is 2. The molecule has 1 aliphatic carbocycles. The molecule has 0 amide bonds. The van der Waals surface area contributed by atoms with Crippen molar-refractivity contribution in [3.05, 3.63) is 59.2 Å². The van der Waals surface area contributed by atoms with E-state index in [0.717, 1.165) is 22.7 Å². The summed E-state index contributed by atoms with van der Waals surface area (Å²) >= 11 is 0. The van der Waals surface area contributed by atoms with Crippen LogP contribution in [-0.2, 0) is 0 Å². The first-order valence-electron chi connectivity index (χ1n) is 7.56. The molecule has 0 fully saturated rings. The van der Waals surface area contributed by atoms with Gasteiger partial charge >= 0.3 is 0 Å². The van der Waals surface area contributed by atoms with E-state index in [9.17, 15) is 0 Å². The summed E-state index contributed by atoms with van der Waals surface area (Å²) in [5.74, 6) is 1.66. The van der Waals surface area contributed by atoms with Crippen LogP contribution in [0.3, 0.4) is 0 Å². The van der Waals surface area contributed by atoms with Gasteiger partial charge < -0.3 is 14.4 Å². The van der Waals surface area contributed by atoms with Crippen LogP contribution in [0.2, 0.25) is 0 Å². The molecule has 3 rings (SSSR count). The fourth-order valence-corrected chi connectivity index (χ4v) is 2.84. The second-order valence-corrected chi connectivity index (χ2v) is 5.68. The van der Waals surface area contributed by atoms with Crippen LogP contribution in [0.5, 0.6) is 11.5 Å². The third-order valence-electron chi connectivity index (χ3n) is 4.04. The molecule has 0 N–H and O–H groups in total. The zero-order valence-electron chi connectivity index (χ0n) is 14.0. The van der Waals surface area contributed by atoms with Crippen molar-refractivity contribution in [2.45, 2.75) is 0 Å². The van der Waals surface area contributed by atoms with Gasteiger partial charge in [-0.3, -0.25) is 0 Å². The maximum Gasteiger partial charge on any atom is 0.143 e. The van der Waals surface area contributed by atoms with Crippen LogP contribution in [0.15, 0.2) is 42.5 Å². The number of methoxy groups -OCH3 is 2. The lowest BCUT2D eigenvalue weighted by molar-refractivity contribution is 0.403. The van der Waals surface area contributed by atoms with Gasteiger partial charge in [0.25, 0.3) is 0 Å². The van der Waals surface area contributed by atoms with Crippen LogP contribution in [-0.4, -0.2) is 28.3 Å². The number of allylic oxidation sites excluding steroid dienone is 2. The third-order valence-corrected chi connectivity index (χ3v) is 4.04. The Balaban J connectivity index is 2.10. The predicted molar refractivity (Wildman–Crippen MR) is 97.2 cm³/mol. The lowest BCUT2D eigenvalue weighted by Crippen LogP contribution is -2.10. The second-order valence-electron chi connectivity index (χ2n) is 5.68. The molecule has 3 heteroatoms. The summed E-state index contributed by atoms with van der Waals surface area (Å²) in [4.78, 5) is 2.02. The summed E-state index contributed by atoms with van der Waals surface area (Å²) in [7, 11) is 7.37. The standard InChI is InChI=1S/C20H21NO2/c1-21(2)18-13-19(22-3)16(12-20(18)23-4)11-15-10-9-14-7-5-6-8-17(14)15/h5-13H,1-4H3/b15-11-. The van der Waals surface area contributed by atoms with Crippen molar-refractivity contribution < 1.29 is 9.47 Å². The van der Waals surface area contributed by atoms with E-state index in [1.54, 1.807) is 14.2 Å². The zero-order chi connectivity index (χ0) is 16.4. The van der Waals surface area contributed by atoms with Crippen molar-refractivity contribution in [3.8, 4) is 11.5 Å². The fraction of sp³-hybridized carbons (Fsp3) is 0.200. The highest BCUT2D eigenvalue weighted by molar-refractivity contribution is 5.98. The Labute approximate surface area is 137 Å². The molecular weight excluding hydrogens is 286 g/mol. The van der Waals surface area contributed by atoms with Crippen molar-refractivity contribution in [1.82, 2.24) is 0 Å². The summed E-state index contributed by atoms with van der Waals surface area (Å²) < 4.78 is 11.1. The molecule has 0 saturated heterocycles. The molecule has 0 atom stereocenters. The Morgan fingerprint density at radius 3 is 2.35 bits per heavy atom. The van der Waals surface area contributed by atoms with Gasteiger partial charge in [-0.15, -0.1) is 0 Å². The molecule has 23 heavy (non-hydrogen) atoms. The summed E-state index contributed by atoms with van der Waals surface area (Å²) in [5, 5.41) is 0. The van der Waals surface area contributed by atoms with E-state index in [1.165, 1.54) is 16.7 Å². The summed E-state index contributed by atoms with van der Waals surface area (Å²) in [6, 6.07) is 12.4. The molecule has 0 heterocycles. The zero-order valence-corrected chi connectivity index (χ0v) is 14.0. The van der Waals surface area contributed by atoms with E-state index in [4.69, 9.17) is 9.47 Å². The first-order valence-corrected chi connectivity index (χ1v) is 7.56. The molecule has 0 saturated carbocycles. The highest BCUT2D eigenvalue weighted by Gasteiger charge is 2.14. The quantitative estimate of drug-likeness (QED) is 0.839. The van der Waals surface area contributed by atoms with Gasteiger partial charge in [-0.1, -0.05) is 36.4 Å². The maximum atomic E-state index is 5.58. The molecule has 0 aromatic heterocycles. The van der Waals surface area contributed by atoms with Crippen LogP contribution >= 0.6 is 0 Å². The summed E-state index contributed by atoms with van der Waals surface area (Å²) in [6.07, 6.45) is 6.42. The number of nitrogens with zero attached hydrogens (tertiary/aromatic N) is 1. The van der Waals surface area contributed by atoms with Gasteiger partial charge in [-0.05, 0) is 28.8 Å². The largest absolute Gasteiger partial charge is 0.496 e. The lowest BCUT2D eigenvalue weighted by atomic mass is 10.0. The van der Waals surface area contributed by atoms with Crippen molar-refractivity contribution in [2.75, 3.05) is 33.2 Å². The first kappa shape index (κ1) is 15.2. The summed E-state index contributed by atoms with van der Waals surface area (Å²) in [5.41, 5.74) is 5.67. The minimum atomic E-state index is 0.831. The molecule has 0 unspecified atom stereocenters. The third kappa shape index (κ3) is 2.82. The number of hydrogen-bond donors (Lipinski definition) is 0. The Hall–Kier alpha value is -2.68. The maximum absolute atomic E-state index is 5.58. The first-order chi connectivity index (χ1) is 11.1. The number of rotatable bonds is 4. The molecule has 1 aliphatic rings. The van der Waals surface area contributed by atoms with Crippen molar-refractivity contribution in [2.24, 2.45) is 0 Å². The molecule has 0 spiro atoms. The second kappa shape index (κ2) is 6.21. The highest BCUT2D eigenvalue weighted by Crippen LogP contribution is 2.38. The molecule has 2 aromatic rings. The number of fused-ring (bicyclic) bond motifs is 1. The molecule has 0 aliphatic heterocycles. The van der Waals surface area contributed by atoms with Gasteiger partial charge in [0.1, 0.15) is 11.5 Å². The van der Waals surface area contributed by atoms with E-state index < -0.39 is 0 Å². The average molecular weight is 307 g/mol. The Kier molecular flexibility index (Phi) is 4.11. The SMILES string of the molecule is COc1cc(N(C)C)c(OC)cc1/C=C1/C=Cc2ccccc21.